The normalized spacial score (nSPS) is 10.7. The van der Waals surface area contributed by atoms with Crippen LogP contribution in [0.2, 0.25) is 0 Å². The van der Waals surface area contributed by atoms with Gasteiger partial charge in [-0.25, -0.2) is 0 Å². The molecule has 0 aliphatic rings. The molecule has 0 bridgehead atoms. The Labute approximate surface area is 116 Å². The van der Waals surface area contributed by atoms with Gasteiger partial charge in [0.25, 0.3) is 5.69 Å². The molecule has 2 aromatic carbocycles. The van der Waals surface area contributed by atoms with Crippen molar-refractivity contribution in [3.63, 3.8) is 0 Å². The first-order valence-electron chi connectivity index (χ1n) is 6.21. The number of para-hydroxylation sites is 1. The minimum absolute atomic E-state index is 0.0437. The second-order valence-electron chi connectivity index (χ2n) is 4.00. The summed E-state index contributed by atoms with van der Waals surface area (Å²) < 4.78 is 5.33. The molecule has 5 heteroatoms. The lowest BCUT2D eigenvalue weighted by Crippen LogP contribution is -1.93. The highest BCUT2D eigenvalue weighted by Crippen LogP contribution is 2.20. The lowest BCUT2D eigenvalue weighted by atomic mass is 10.2. The number of rotatable bonds is 5. The Hall–Kier alpha value is -2.69. The predicted octanol–water partition coefficient (Wildman–Crippen LogP) is 3.74. The molecule has 0 saturated heterocycles. The van der Waals surface area contributed by atoms with Crippen LogP contribution in [0.4, 0.5) is 11.4 Å². The van der Waals surface area contributed by atoms with Crippen molar-refractivity contribution in [1.82, 2.24) is 0 Å². The number of nitro benzene ring substituents is 1. The average molecular weight is 270 g/mol. The van der Waals surface area contributed by atoms with Gasteiger partial charge in [-0.3, -0.25) is 15.1 Å². The van der Waals surface area contributed by atoms with Gasteiger partial charge in [0, 0.05) is 12.3 Å². The Morgan fingerprint density at radius 2 is 1.90 bits per heavy atom. The monoisotopic (exact) mass is 270 g/mol. The minimum atomic E-state index is -0.417. The van der Waals surface area contributed by atoms with Crippen LogP contribution in [0.15, 0.2) is 53.5 Å². The number of ether oxygens (including phenoxy) is 1. The van der Waals surface area contributed by atoms with Gasteiger partial charge >= 0.3 is 0 Å². The van der Waals surface area contributed by atoms with Crippen LogP contribution in [0, 0.1) is 10.1 Å². The van der Waals surface area contributed by atoms with E-state index in [0.717, 1.165) is 5.75 Å². The number of benzene rings is 2. The highest BCUT2D eigenvalue weighted by molar-refractivity contribution is 5.86. The lowest BCUT2D eigenvalue weighted by molar-refractivity contribution is -0.385. The van der Waals surface area contributed by atoms with Crippen molar-refractivity contribution in [3.8, 4) is 5.75 Å². The van der Waals surface area contributed by atoms with Gasteiger partial charge in [0.1, 0.15) is 5.75 Å². The molecule has 2 aromatic rings. The molecular weight excluding hydrogens is 256 g/mol. The highest BCUT2D eigenvalue weighted by Gasteiger charge is 2.09. The van der Waals surface area contributed by atoms with Crippen LogP contribution in [-0.2, 0) is 0 Å². The first kappa shape index (κ1) is 13.7. The van der Waals surface area contributed by atoms with Gasteiger partial charge in [-0.15, -0.1) is 0 Å². The van der Waals surface area contributed by atoms with Crippen LogP contribution >= 0.6 is 0 Å². The summed E-state index contributed by atoms with van der Waals surface area (Å²) in [5.41, 5.74) is 1.24. The van der Waals surface area contributed by atoms with Crippen molar-refractivity contribution in [2.24, 2.45) is 4.99 Å². The maximum Gasteiger partial charge on any atom is 0.278 e. The van der Waals surface area contributed by atoms with Crippen LogP contribution in [-0.4, -0.2) is 17.7 Å². The zero-order valence-corrected chi connectivity index (χ0v) is 11.0. The van der Waals surface area contributed by atoms with E-state index in [-0.39, 0.29) is 5.69 Å². The van der Waals surface area contributed by atoms with Crippen LogP contribution in [0.5, 0.6) is 5.75 Å². The van der Waals surface area contributed by atoms with Crippen molar-refractivity contribution < 1.29 is 9.66 Å². The molecule has 0 aromatic heterocycles. The smallest absolute Gasteiger partial charge is 0.278 e. The van der Waals surface area contributed by atoms with Gasteiger partial charge in [-0.2, -0.15) is 0 Å². The standard InChI is InChI=1S/C15H14N2O3/c1-2-20-14-9-7-13(8-10-14)16-11-12-5-3-4-6-15(12)17(18)19/h3-11H,2H2,1H3. The maximum absolute atomic E-state index is 10.9. The Morgan fingerprint density at radius 3 is 2.55 bits per heavy atom. The topological polar surface area (TPSA) is 64.7 Å². The molecule has 0 spiro atoms. The summed E-state index contributed by atoms with van der Waals surface area (Å²) in [6.45, 7) is 2.53. The van der Waals surface area contributed by atoms with Crippen molar-refractivity contribution in [2.75, 3.05) is 6.61 Å². The van der Waals surface area contributed by atoms with Crippen LogP contribution < -0.4 is 4.74 Å². The van der Waals surface area contributed by atoms with Gasteiger partial charge < -0.3 is 4.74 Å². The molecule has 0 saturated carbocycles. The molecular formula is C15H14N2O3. The SMILES string of the molecule is CCOc1ccc(N=Cc2ccccc2[N+](=O)[O-])cc1. The third-order valence-corrected chi connectivity index (χ3v) is 2.63. The molecule has 0 aliphatic carbocycles. The van der Waals surface area contributed by atoms with E-state index < -0.39 is 4.92 Å². The third-order valence-electron chi connectivity index (χ3n) is 2.63. The summed E-state index contributed by atoms with van der Waals surface area (Å²) in [4.78, 5) is 14.7. The Balaban J connectivity index is 2.19. The van der Waals surface area contributed by atoms with E-state index in [1.807, 2.05) is 19.1 Å². The number of aliphatic imine (C=N–C) groups is 1. The number of hydrogen-bond acceptors (Lipinski definition) is 4. The van der Waals surface area contributed by atoms with Crippen molar-refractivity contribution in [3.05, 3.63) is 64.2 Å². The van der Waals surface area contributed by atoms with Crippen LogP contribution in [0.1, 0.15) is 12.5 Å². The maximum atomic E-state index is 10.9. The van der Waals surface area contributed by atoms with E-state index in [1.54, 1.807) is 30.3 Å². The van der Waals surface area contributed by atoms with Crippen molar-refractivity contribution in [1.29, 1.82) is 0 Å². The summed E-state index contributed by atoms with van der Waals surface area (Å²) in [5, 5.41) is 10.9. The fourth-order valence-electron chi connectivity index (χ4n) is 1.70. The van der Waals surface area contributed by atoms with Gasteiger partial charge in [0.15, 0.2) is 0 Å². The molecule has 0 fully saturated rings. The van der Waals surface area contributed by atoms with Crippen molar-refractivity contribution >= 4 is 17.6 Å². The average Bonchev–Trinajstić information content (AvgIpc) is 2.47. The van der Waals surface area contributed by atoms with Crippen molar-refractivity contribution in [2.45, 2.75) is 6.92 Å². The van der Waals surface area contributed by atoms with E-state index in [2.05, 4.69) is 4.99 Å². The molecule has 2 rings (SSSR count). The zero-order valence-electron chi connectivity index (χ0n) is 11.0. The van der Waals surface area contributed by atoms with E-state index in [4.69, 9.17) is 4.74 Å². The molecule has 20 heavy (non-hydrogen) atoms. The number of nitrogens with zero attached hydrogens (tertiary/aromatic N) is 2. The zero-order chi connectivity index (χ0) is 14.4. The molecule has 0 N–H and O–H groups in total. The van der Waals surface area contributed by atoms with E-state index in [1.165, 1.54) is 12.3 Å². The molecule has 102 valence electrons. The number of nitro groups is 1. The Kier molecular flexibility index (Phi) is 4.44. The summed E-state index contributed by atoms with van der Waals surface area (Å²) in [6.07, 6.45) is 1.49. The molecule has 0 amide bonds. The van der Waals surface area contributed by atoms with Gasteiger partial charge in [-0.1, -0.05) is 12.1 Å². The molecule has 0 unspecified atom stereocenters. The molecule has 0 radical (unpaired) electrons. The van der Waals surface area contributed by atoms with Gasteiger partial charge in [0.2, 0.25) is 0 Å². The van der Waals surface area contributed by atoms with E-state index >= 15 is 0 Å². The minimum Gasteiger partial charge on any atom is -0.494 e. The predicted molar refractivity (Wildman–Crippen MR) is 78.0 cm³/mol. The number of hydrogen-bond donors (Lipinski definition) is 0. The molecule has 0 heterocycles. The fraction of sp³-hybridized carbons (Fsp3) is 0.133. The quantitative estimate of drug-likeness (QED) is 0.472. The van der Waals surface area contributed by atoms with Gasteiger partial charge in [0.05, 0.1) is 22.8 Å². The molecule has 0 aliphatic heterocycles. The second-order valence-corrected chi connectivity index (χ2v) is 4.00. The van der Waals surface area contributed by atoms with Crippen LogP contribution in [0.25, 0.3) is 0 Å². The van der Waals surface area contributed by atoms with Crippen LogP contribution in [0.3, 0.4) is 0 Å². The van der Waals surface area contributed by atoms with E-state index in [9.17, 15) is 10.1 Å². The Bertz CT molecular complexity index is 621. The summed E-state index contributed by atoms with van der Waals surface area (Å²) >= 11 is 0. The largest absolute Gasteiger partial charge is 0.494 e. The second kappa shape index (κ2) is 6.47. The summed E-state index contributed by atoms with van der Waals surface area (Å²) in [6, 6.07) is 13.7. The lowest BCUT2D eigenvalue weighted by Gasteiger charge is -2.02. The highest BCUT2D eigenvalue weighted by atomic mass is 16.6. The molecule has 5 nitrogen and oxygen atoms in total. The summed E-state index contributed by atoms with van der Waals surface area (Å²) in [5.74, 6) is 0.775. The first-order chi connectivity index (χ1) is 9.70. The third kappa shape index (κ3) is 3.41. The first-order valence-corrected chi connectivity index (χ1v) is 6.21. The fourth-order valence-corrected chi connectivity index (χ4v) is 1.70. The Morgan fingerprint density at radius 1 is 1.20 bits per heavy atom. The van der Waals surface area contributed by atoms with E-state index in [0.29, 0.717) is 17.9 Å². The van der Waals surface area contributed by atoms with Gasteiger partial charge in [-0.05, 0) is 37.3 Å². The summed E-state index contributed by atoms with van der Waals surface area (Å²) in [7, 11) is 0. The molecule has 0 atom stereocenters.